The van der Waals surface area contributed by atoms with Gasteiger partial charge in [0.15, 0.2) is 0 Å². The monoisotopic (exact) mass is 285 g/mol. The number of nitrogens with one attached hydrogen (secondary N) is 1. The SMILES string of the molecule is CC(Nc1cnn(C)c1)c1sccc1Br. The van der Waals surface area contributed by atoms with Crippen LogP contribution in [0, 0.1) is 0 Å². The van der Waals surface area contributed by atoms with E-state index in [4.69, 9.17) is 0 Å². The van der Waals surface area contributed by atoms with Crippen molar-refractivity contribution < 1.29 is 0 Å². The van der Waals surface area contributed by atoms with E-state index in [2.05, 4.69) is 44.7 Å². The first-order valence-corrected chi connectivity index (χ1v) is 6.32. The summed E-state index contributed by atoms with van der Waals surface area (Å²) in [5, 5.41) is 9.61. The fraction of sp³-hybridized carbons (Fsp3) is 0.300. The summed E-state index contributed by atoms with van der Waals surface area (Å²) in [6.07, 6.45) is 3.80. The lowest BCUT2D eigenvalue weighted by molar-refractivity contribution is 0.767. The van der Waals surface area contributed by atoms with Crippen molar-refractivity contribution in [1.29, 1.82) is 0 Å². The number of nitrogens with zero attached hydrogens (tertiary/aromatic N) is 2. The molecule has 0 aliphatic carbocycles. The van der Waals surface area contributed by atoms with Crippen molar-refractivity contribution in [3.63, 3.8) is 0 Å². The van der Waals surface area contributed by atoms with Crippen molar-refractivity contribution in [2.75, 3.05) is 5.32 Å². The van der Waals surface area contributed by atoms with Crippen molar-refractivity contribution in [1.82, 2.24) is 9.78 Å². The molecule has 1 N–H and O–H groups in total. The molecule has 1 atom stereocenters. The zero-order valence-corrected chi connectivity index (χ0v) is 11.0. The molecule has 0 spiro atoms. The molecule has 0 fully saturated rings. The molecule has 15 heavy (non-hydrogen) atoms. The fourth-order valence-electron chi connectivity index (χ4n) is 1.43. The van der Waals surface area contributed by atoms with Gasteiger partial charge in [-0.25, -0.2) is 0 Å². The minimum Gasteiger partial charge on any atom is -0.375 e. The number of aryl methyl sites for hydroxylation is 1. The second-order valence-corrected chi connectivity index (χ2v) is 5.20. The molecule has 0 radical (unpaired) electrons. The van der Waals surface area contributed by atoms with E-state index in [0.717, 1.165) is 10.2 Å². The van der Waals surface area contributed by atoms with E-state index in [0.29, 0.717) is 6.04 Å². The van der Waals surface area contributed by atoms with E-state index in [1.807, 2.05) is 19.4 Å². The topological polar surface area (TPSA) is 29.9 Å². The second kappa shape index (κ2) is 4.37. The summed E-state index contributed by atoms with van der Waals surface area (Å²) in [6.45, 7) is 2.14. The van der Waals surface area contributed by atoms with Gasteiger partial charge in [0.2, 0.25) is 0 Å². The maximum atomic E-state index is 4.12. The van der Waals surface area contributed by atoms with Gasteiger partial charge in [0, 0.05) is 22.6 Å². The highest BCUT2D eigenvalue weighted by Gasteiger charge is 2.10. The molecule has 0 aliphatic rings. The summed E-state index contributed by atoms with van der Waals surface area (Å²) < 4.78 is 2.95. The summed E-state index contributed by atoms with van der Waals surface area (Å²) in [6, 6.07) is 2.37. The van der Waals surface area contributed by atoms with E-state index in [9.17, 15) is 0 Å². The standard InChI is InChI=1S/C10H12BrN3S/c1-7(10-9(11)3-4-15-10)13-8-5-12-14(2)6-8/h3-7,13H,1-2H3. The van der Waals surface area contributed by atoms with E-state index >= 15 is 0 Å². The van der Waals surface area contributed by atoms with Gasteiger partial charge < -0.3 is 5.32 Å². The Labute approximate surface area is 101 Å². The van der Waals surface area contributed by atoms with Gasteiger partial charge in [-0.2, -0.15) is 5.10 Å². The number of hydrogen-bond donors (Lipinski definition) is 1. The van der Waals surface area contributed by atoms with Gasteiger partial charge in [0.25, 0.3) is 0 Å². The van der Waals surface area contributed by atoms with Crippen molar-refractivity contribution in [3.8, 4) is 0 Å². The quantitative estimate of drug-likeness (QED) is 0.937. The summed E-state index contributed by atoms with van der Waals surface area (Å²) in [5.41, 5.74) is 1.05. The number of rotatable bonds is 3. The van der Waals surface area contributed by atoms with Crippen LogP contribution in [0.5, 0.6) is 0 Å². The molecular formula is C10H12BrN3S. The normalized spacial score (nSPS) is 12.7. The lowest BCUT2D eigenvalue weighted by atomic mass is 10.2. The van der Waals surface area contributed by atoms with E-state index in [1.165, 1.54) is 4.88 Å². The number of thiophene rings is 1. The number of anilines is 1. The van der Waals surface area contributed by atoms with Crippen LogP contribution in [0.3, 0.4) is 0 Å². The molecule has 0 bridgehead atoms. The minimum absolute atomic E-state index is 0.295. The first kappa shape index (κ1) is 10.7. The van der Waals surface area contributed by atoms with Gasteiger partial charge >= 0.3 is 0 Å². The van der Waals surface area contributed by atoms with Crippen LogP contribution in [0.2, 0.25) is 0 Å². The molecule has 0 saturated heterocycles. The van der Waals surface area contributed by atoms with Crippen LogP contribution in [0.4, 0.5) is 5.69 Å². The highest BCUT2D eigenvalue weighted by atomic mass is 79.9. The van der Waals surface area contributed by atoms with Crippen molar-refractivity contribution in [2.24, 2.45) is 7.05 Å². The van der Waals surface area contributed by atoms with Crippen LogP contribution in [0.15, 0.2) is 28.3 Å². The smallest absolute Gasteiger partial charge is 0.0731 e. The molecule has 80 valence electrons. The van der Waals surface area contributed by atoms with E-state index in [1.54, 1.807) is 16.0 Å². The predicted molar refractivity (Wildman–Crippen MR) is 67.3 cm³/mol. The molecule has 3 nitrogen and oxygen atoms in total. The third-order valence-corrected chi connectivity index (χ3v) is 4.18. The van der Waals surface area contributed by atoms with Gasteiger partial charge in [0.05, 0.1) is 17.9 Å². The Morgan fingerprint density at radius 2 is 2.40 bits per heavy atom. The summed E-state index contributed by atoms with van der Waals surface area (Å²) in [4.78, 5) is 1.30. The van der Waals surface area contributed by atoms with E-state index < -0.39 is 0 Å². The molecule has 2 aromatic rings. The van der Waals surface area contributed by atoms with Gasteiger partial charge in [-0.1, -0.05) is 0 Å². The van der Waals surface area contributed by atoms with Gasteiger partial charge in [-0.15, -0.1) is 11.3 Å². The maximum Gasteiger partial charge on any atom is 0.0731 e. The van der Waals surface area contributed by atoms with Crippen LogP contribution in [0.25, 0.3) is 0 Å². The summed E-state index contributed by atoms with van der Waals surface area (Å²) in [7, 11) is 1.91. The highest BCUT2D eigenvalue weighted by molar-refractivity contribution is 9.10. The largest absolute Gasteiger partial charge is 0.375 e. The van der Waals surface area contributed by atoms with Crippen LogP contribution >= 0.6 is 27.3 Å². The first-order chi connectivity index (χ1) is 7.16. The average molecular weight is 286 g/mol. The van der Waals surface area contributed by atoms with Crippen LogP contribution < -0.4 is 5.32 Å². The van der Waals surface area contributed by atoms with Crippen LogP contribution in [-0.2, 0) is 7.05 Å². The molecule has 1 unspecified atom stereocenters. The van der Waals surface area contributed by atoms with Crippen LogP contribution in [-0.4, -0.2) is 9.78 Å². The molecule has 5 heteroatoms. The van der Waals surface area contributed by atoms with Crippen LogP contribution in [0.1, 0.15) is 17.8 Å². The molecular weight excluding hydrogens is 274 g/mol. The Morgan fingerprint density at radius 1 is 1.60 bits per heavy atom. The zero-order valence-electron chi connectivity index (χ0n) is 8.57. The third-order valence-electron chi connectivity index (χ3n) is 2.13. The number of aromatic nitrogens is 2. The summed E-state index contributed by atoms with van der Waals surface area (Å²) >= 11 is 5.28. The fourth-order valence-corrected chi connectivity index (χ4v) is 3.15. The first-order valence-electron chi connectivity index (χ1n) is 4.65. The molecule has 2 aromatic heterocycles. The molecule has 0 aliphatic heterocycles. The molecule has 2 rings (SSSR count). The lowest BCUT2D eigenvalue weighted by Crippen LogP contribution is -2.04. The van der Waals surface area contributed by atoms with Gasteiger partial charge in [0.1, 0.15) is 0 Å². The summed E-state index contributed by atoms with van der Waals surface area (Å²) in [5.74, 6) is 0. The lowest BCUT2D eigenvalue weighted by Gasteiger charge is -2.12. The third kappa shape index (κ3) is 2.41. The zero-order chi connectivity index (χ0) is 10.8. The maximum absolute atomic E-state index is 4.12. The van der Waals surface area contributed by atoms with Crippen molar-refractivity contribution >= 4 is 33.0 Å². The molecule has 0 amide bonds. The highest BCUT2D eigenvalue weighted by Crippen LogP contribution is 2.30. The van der Waals surface area contributed by atoms with Crippen molar-refractivity contribution in [3.05, 3.63) is 33.2 Å². The molecule has 0 saturated carbocycles. The number of hydrogen-bond acceptors (Lipinski definition) is 3. The Bertz CT molecular complexity index is 449. The Hall–Kier alpha value is -0.810. The Kier molecular flexibility index (Phi) is 3.11. The van der Waals surface area contributed by atoms with Gasteiger partial charge in [-0.05, 0) is 34.3 Å². The Morgan fingerprint density at radius 3 is 2.93 bits per heavy atom. The average Bonchev–Trinajstić information content (AvgIpc) is 2.75. The minimum atomic E-state index is 0.295. The Balaban J connectivity index is 2.10. The van der Waals surface area contributed by atoms with Crippen molar-refractivity contribution in [2.45, 2.75) is 13.0 Å². The number of halogens is 1. The second-order valence-electron chi connectivity index (χ2n) is 3.40. The molecule has 0 aromatic carbocycles. The molecule has 2 heterocycles. The van der Waals surface area contributed by atoms with E-state index in [-0.39, 0.29) is 0 Å². The predicted octanol–water partition coefficient (Wildman–Crippen LogP) is 3.42. The van der Waals surface area contributed by atoms with Gasteiger partial charge in [-0.3, -0.25) is 4.68 Å².